The van der Waals surface area contributed by atoms with Gasteiger partial charge in [0.05, 0.1) is 5.75 Å². The standard InChI is InChI=1S/C21H26N4O2S/c1-14-6-8-17(9-7-14)20-22-21(24-23-20)28-13-19(26)18-12-15(2)25(16(18)3)10-5-11-27-4/h6-9,12H,5,10-11,13H2,1-4H3,(H,22,23,24). The highest BCUT2D eigenvalue weighted by atomic mass is 32.2. The number of aromatic amines is 1. The summed E-state index contributed by atoms with van der Waals surface area (Å²) in [5.41, 5.74) is 5.06. The molecule has 3 rings (SSSR count). The van der Waals surface area contributed by atoms with E-state index in [0.717, 1.165) is 35.5 Å². The van der Waals surface area contributed by atoms with Crippen LogP contribution in [0, 0.1) is 20.8 Å². The van der Waals surface area contributed by atoms with Crippen molar-refractivity contribution in [3.05, 3.63) is 52.8 Å². The Morgan fingerprint density at radius 3 is 2.68 bits per heavy atom. The van der Waals surface area contributed by atoms with Crippen molar-refractivity contribution in [1.82, 2.24) is 19.7 Å². The lowest BCUT2D eigenvalue weighted by molar-refractivity contribution is 0.102. The van der Waals surface area contributed by atoms with E-state index in [4.69, 9.17) is 4.74 Å². The van der Waals surface area contributed by atoms with Gasteiger partial charge < -0.3 is 9.30 Å². The highest BCUT2D eigenvalue weighted by Gasteiger charge is 2.17. The minimum Gasteiger partial charge on any atom is -0.385 e. The van der Waals surface area contributed by atoms with Gasteiger partial charge in [-0.05, 0) is 33.3 Å². The molecule has 28 heavy (non-hydrogen) atoms. The first kappa shape index (κ1) is 20.4. The number of aryl methyl sites for hydroxylation is 2. The average molecular weight is 399 g/mol. The predicted molar refractivity (Wildman–Crippen MR) is 112 cm³/mol. The fourth-order valence-electron chi connectivity index (χ4n) is 3.15. The van der Waals surface area contributed by atoms with Crippen LogP contribution in [0.4, 0.5) is 0 Å². The molecule has 148 valence electrons. The van der Waals surface area contributed by atoms with E-state index in [1.807, 2.05) is 51.1 Å². The van der Waals surface area contributed by atoms with Crippen molar-refractivity contribution in [2.24, 2.45) is 0 Å². The smallest absolute Gasteiger partial charge is 0.209 e. The van der Waals surface area contributed by atoms with Gasteiger partial charge in [-0.1, -0.05) is 41.6 Å². The summed E-state index contributed by atoms with van der Waals surface area (Å²) in [5, 5.41) is 7.76. The van der Waals surface area contributed by atoms with Crippen molar-refractivity contribution in [1.29, 1.82) is 0 Å². The summed E-state index contributed by atoms with van der Waals surface area (Å²) in [5.74, 6) is 1.12. The molecule has 0 amide bonds. The van der Waals surface area contributed by atoms with Crippen LogP contribution in [0.2, 0.25) is 0 Å². The number of nitrogens with one attached hydrogen (secondary N) is 1. The molecule has 0 aliphatic carbocycles. The van der Waals surface area contributed by atoms with Crippen molar-refractivity contribution < 1.29 is 9.53 Å². The number of hydrogen-bond acceptors (Lipinski definition) is 5. The Kier molecular flexibility index (Phi) is 6.70. The molecular formula is C21H26N4O2S. The van der Waals surface area contributed by atoms with Crippen LogP contribution >= 0.6 is 11.8 Å². The maximum atomic E-state index is 12.7. The number of carbonyl (C=O) groups excluding carboxylic acids is 1. The van der Waals surface area contributed by atoms with Gasteiger partial charge in [-0.25, -0.2) is 4.98 Å². The zero-order valence-corrected chi connectivity index (χ0v) is 17.6. The molecule has 2 heterocycles. The van der Waals surface area contributed by atoms with E-state index >= 15 is 0 Å². The number of Topliss-reactive ketones (excluding diaryl/α,β-unsaturated/α-hetero) is 1. The molecule has 1 N–H and O–H groups in total. The van der Waals surface area contributed by atoms with Crippen LogP contribution in [0.15, 0.2) is 35.5 Å². The number of ketones is 1. The van der Waals surface area contributed by atoms with Crippen molar-refractivity contribution in [3.63, 3.8) is 0 Å². The molecule has 0 aliphatic rings. The van der Waals surface area contributed by atoms with Crippen LogP contribution in [0.3, 0.4) is 0 Å². The van der Waals surface area contributed by atoms with Gasteiger partial charge in [0, 0.05) is 42.8 Å². The molecule has 0 unspecified atom stereocenters. The highest BCUT2D eigenvalue weighted by Crippen LogP contribution is 2.22. The quantitative estimate of drug-likeness (QED) is 0.332. The van der Waals surface area contributed by atoms with Crippen LogP contribution in [-0.4, -0.2) is 45.0 Å². The Morgan fingerprint density at radius 1 is 1.21 bits per heavy atom. The van der Waals surface area contributed by atoms with Crippen LogP contribution in [0.25, 0.3) is 11.4 Å². The molecule has 0 atom stereocenters. The summed E-state index contributed by atoms with van der Waals surface area (Å²) in [7, 11) is 1.70. The van der Waals surface area contributed by atoms with E-state index in [2.05, 4.69) is 19.7 Å². The van der Waals surface area contributed by atoms with Crippen LogP contribution in [-0.2, 0) is 11.3 Å². The minimum atomic E-state index is 0.0952. The number of H-pyrrole nitrogens is 1. The second kappa shape index (κ2) is 9.21. The Hall–Kier alpha value is -2.38. The number of hydrogen-bond donors (Lipinski definition) is 1. The first-order valence-electron chi connectivity index (χ1n) is 9.30. The number of ether oxygens (including phenoxy) is 1. The van der Waals surface area contributed by atoms with Gasteiger partial charge in [0.1, 0.15) is 0 Å². The van der Waals surface area contributed by atoms with Crippen LogP contribution in [0.1, 0.15) is 33.7 Å². The molecular weight excluding hydrogens is 372 g/mol. The largest absolute Gasteiger partial charge is 0.385 e. The summed E-state index contributed by atoms with van der Waals surface area (Å²) >= 11 is 1.36. The summed E-state index contributed by atoms with van der Waals surface area (Å²) < 4.78 is 7.30. The summed E-state index contributed by atoms with van der Waals surface area (Å²) in [6.45, 7) is 7.65. The normalized spacial score (nSPS) is 11.1. The molecule has 1 aromatic carbocycles. The molecule has 0 radical (unpaired) electrons. The third-order valence-electron chi connectivity index (χ3n) is 4.73. The number of rotatable bonds is 9. The van der Waals surface area contributed by atoms with Crippen LogP contribution in [0.5, 0.6) is 0 Å². The summed E-state index contributed by atoms with van der Waals surface area (Å²) in [6.07, 6.45) is 0.925. The maximum Gasteiger partial charge on any atom is 0.209 e. The third kappa shape index (κ3) is 4.72. The number of benzene rings is 1. The SMILES string of the molecule is COCCCn1c(C)cc(C(=O)CSc2n[nH]c(-c3ccc(C)cc3)n2)c1C. The number of thioether (sulfide) groups is 1. The Morgan fingerprint density at radius 2 is 1.96 bits per heavy atom. The molecule has 0 saturated heterocycles. The van der Waals surface area contributed by atoms with E-state index in [1.165, 1.54) is 17.3 Å². The van der Waals surface area contributed by atoms with E-state index in [9.17, 15) is 4.79 Å². The zero-order valence-electron chi connectivity index (χ0n) is 16.8. The molecule has 7 heteroatoms. The van der Waals surface area contributed by atoms with E-state index in [1.54, 1.807) is 7.11 Å². The van der Waals surface area contributed by atoms with E-state index in [-0.39, 0.29) is 5.78 Å². The Labute approximate surface area is 169 Å². The van der Waals surface area contributed by atoms with E-state index in [0.29, 0.717) is 23.3 Å². The topological polar surface area (TPSA) is 72.8 Å². The second-order valence-electron chi connectivity index (χ2n) is 6.83. The van der Waals surface area contributed by atoms with Gasteiger partial charge in [-0.2, -0.15) is 0 Å². The fourth-order valence-corrected chi connectivity index (χ4v) is 3.84. The average Bonchev–Trinajstić information content (AvgIpc) is 3.26. The lowest BCUT2D eigenvalue weighted by Crippen LogP contribution is -2.08. The first-order valence-corrected chi connectivity index (χ1v) is 10.3. The van der Waals surface area contributed by atoms with Crippen molar-refractivity contribution >= 4 is 17.5 Å². The summed E-state index contributed by atoms with van der Waals surface area (Å²) in [4.78, 5) is 17.2. The van der Waals surface area contributed by atoms with Gasteiger partial charge in [-0.3, -0.25) is 9.89 Å². The number of methoxy groups -OCH3 is 1. The van der Waals surface area contributed by atoms with Gasteiger partial charge in [0.2, 0.25) is 5.16 Å². The predicted octanol–water partition coefficient (Wildman–Crippen LogP) is 4.21. The number of aromatic nitrogens is 4. The minimum absolute atomic E-state index is 0.0952. The van der Waals surface area contributed by atoms with E-state index < -0.39 is 0 Å². The molecule has 2 aromatic heterocycles. The summed E-state index contributed by atoms with van der Waals surface area (Å²) in [6, 6.07) is 10.1. The molecule has 0 spiro atoms. The number of carbonyl (C=O) groups is 1. The molecule has 0 saturated carbocycles. The lowest BCUT2D eigenvalue weighted by Gasteiger charge is -2.09. The van der Waals surface area contributed by atoms with Gasteiger partial charge >= 0.3 is 0 Å². The van der Waals surface area contributed by atoms with Crippen LogP contribution < -0.4 is 0 Å². The molecule has 3 aromatic rings. The van der Waals surface area contributed by atoms with Crippen molar-refractivity contribution in [3.8, 4) is 11.4 Å². The molecule has 0 bridgehead atoms. The van der Waals surface area contributed by atoms with Crippen molar-refractivity contribution in [2.45, 2.75) is 38.9 Å². The zero-order chi connectivity index (χ0) is 20.1. The Balaban J connectivity index is 1.63. The van der Waals surface area contributed by atoms with Gasteiger partial charge in [0.25, 0.3) is 0 Å². The third-order valence-corrected chi connectivity index (χ3v) is 5.57. The monoisotopic (exact) mass is 398 g/mol. The maximum absolute atomic E-state index is 12.7. The Bertz CT molecular complexity index is 944. The second-order valence-corrected chi connectivity index (χ2v) is 7.77. The first-order chi connectivity index (χ1) is 13.5. The molecule has 0 fully saturated rings. The van der Waals surface area contributed by atoms with Gasteiger partial charge in [-0.15, -0.1) is 5.10 Å². The lowest BCUT2D eigenvalue weighted by atomic mass is 10.1. The highest BCUT2D eigenvalue weighted by molar-refractivity contribution is 7.99. The molecule has 0 aliphatic heterocycles. The van der Waals surface area contributed by atoms with Gasteiger partial charge in [0.15, 0.2) is 11.6 Å². The van der Waals surface area contributed by atoms with Crippen molar-refractivity contribution in [2.75, 3.05) is 19.5 Å². The molecule has 6 nitrogen and oxygen atoms in total. The number of nitrogens with zero attached hydrogens (tertiary/aromatic N) is 3. The fraction of sp³-hybridized carbons (Fsp3) is 0.381.